The van der Waals surface area contributed by atoms with Crippen LogP contribution in [0.25, 0.3) is 5.57 Å². The van der Waals surface area contributed by atoms with Crippen LogP contribution in [-0.2, 0) is 15.2 Å². The van der Waals surface area contributed by atoms with E-state index < -0.39 is 30.0 Å². The zero-order valence-electron chi connectivity index (χ0n) is 14.3. The summed E-state index contributed by atoms with van der Waals surface area (Å²) in [4.78, 5) is 0. The number of halogens is 3. The zero-order chi connectivity index (χ0) is 17.6. The first-order valence-electron chi connectivity index (χ1n) is 7.56. The average Bonchev–Trinajstić information content (AvgIpc) is 2.65. The summed E-state index contributed by atoms with van der Waals surface area (Å²) < 4.78 is 53.0. The van der Waals surface area contributed by atoms with Crippen molar-refractivity contribution >= 4 is 12.7 Å². The fourth-order valence-electron chi connectivity index (χ4n) is 2.29. The highest BCUT2D eigenvalue weighted by Crippen LogP contribution is 2.40. The van der Waals surface area contributed by atoms with Gasteiger partial charge in [-0.05, 0) is 51.8 Å². The molecule has 6 heteroatoms. The van der Waals surface area contributed by atoms with Gasteiger partial charge in [-0.25, -0.2) is 13.2 Å². The van der Waals surface area contributed by atoms with Gasteiger partial charge in [0.05, 0.1) is 11.2 Å². The van der Waals surface area contributed by atoms with Crippen LogP contribution in [0.4, 0.5) is 13.2 Å². The predicted molar refractivity (Wildman–Crippen MR) is 85.8 cm³/mol. The molecule has 2 nitrogen and oxygen atoms in total. The van der Waals surface area contributed by atoms with Crippen molar-refractivity contribution in [3.05, 3.63) is 41.1 Å². The number of allylic oxidation sites excluding steroid dienone is 1. The van der Waals surface area contributed by atoms with Crippen LogP contribution in [0.2, 0.25) is 0 Å². The van der Waals surface area contributed by atoms with Gasteiger partial charge in [0.25, 0.3) is 5.92 Å². The third-order valence-electron chi connectivity index (χ3n) is 4.62. The van der Waals surface area contributed by atoms with E-state index in [-0.39, 0.29) is 11.1 Å². The van der Waals surface area contributed by atoms with Gasteiger partial charge in [-0.2, -0.15) is 0 Å². The van der Waals surface area contributed by atoms with Crippen LogP contribution < -0.4 is 0 Å². The molecule has 1 aromatic rings. The highest BCUT2D eigenvalue weighted by atomic mass is 19.3. The molecule has 1 aliphatic heterocycles. The molecular formula is C17H22BF3O2. The van der Waals surface area contributed by atoms with Crippen LogP contribution in [0.3, 0.4) is 0 Å². The molecular weight excluding hydrogens is 304 g/mol. The number of hydrogen-bond donors (Lipinski definition) is 0. The Labute approximate surface area is 135 Å². The molecule has 1 saturated heterocycles. The van der Waals surface area contributed by atoms with Crippen molar-refractivity contribution in [3.63, 3.8) is 0 Å². The van der Waals surface area contributed by atoms with Crippen molar-refractivity contribution in [1.82, 2.24) is 0 Å². The molecule has 1 fully saturated rings. The van der Waals surface area contributed by atoms with E-state index in [9.17, 15) is 13.2 Å². The van der Waals surface area contributed by atoms with Gasteiger partial charge in [0, 0.05) is 12.5 Å². The van der Waals surface area contributed by atoms with E-state index in [0.717, 1.165) is 6.92 Å². The molecule has 0 aromatic heterocycles. The Morgan fingerprint density at radius 1 is 1.09 bits per heavy atom. The molecule has 1 aliphatic rings. The normalized spacial score (nSPS) is 21.3. The number of alkyl halides is 2. The SMILES string of the molecule is CC(=C(F)B1OC(C)(C)C(C)(C)O1)c1cccc(C(C)(F)F)c1. The summed E-state index contributed by atoms with van der Waals surface area (Å²) >= 11 is 0. The van der Waals surface area contributed by atoms with Gasteiger partial charge in [0.15, 0.2) is 0 Å². The van der Waals surface area contributed by atoms with Gasteiger partial charge in [-0.15, -0.1) is 0 Å². The Hall–Kier alpha value is -1.27. The fourth-order valence-corrected chi connectivity index (χ4v) is 2.29. The molecule has 1 aromatic carbocycles. The number of rotatable bonds is 3. The van der Waals surface area contributed by atoms with Gasteiger partial charge < -0.3 is 9.31 Å². The molecule has 0 amide bonds. The highest BCUT2D eigenvalue weighted by molar-refractivity contribution is 6.55. The van der Waals surface area contributed by atoms with Crippen LogP contribution in [-0.4, -0.2) is 18.3 Å². The molecule has 0 unspecified atom stereocenters. The van der Waals surface area contributed by atoms with Crippen molar-refractivity contribution in [2.75, 3.05) is 0 Å². The monoisotopic (exact) mass is 326 g/mol. The first-order valence-corrected chi connectivity index (χ1v) is 7.56. The molecule has 0 atom stereocenters. The first kappa shape index (κ1) is 18.1. The minimum Gasteiger partial charge on any atom is -0.398 e. The summed E-state index contributed by atoms with van der Waals surface area (Å²) in [6, 6.07) is 5.70. The van der Waals surface area contributed by atoms with Crippen LogP contribution in [0.15, 0.2) is 30.0 Å². The standard InChI is InChI=1S/C17H22BF3O2/c1-11(12-8-7-9-13(10-12)17(6,20)21)14(19)18-22-15(2,3)16(4,5)23-18/h7-10H,1-6H3. The second-order valence-electron chi connectivity index (χ2n) is 7.03. The summed E-state index contributed by atoms with van der Waals surface area (Å²) in [7, 11) is -1.13. The lowest BCUT2D eigenvalue weighted by Crippen LogP contribution is -2.41. The van der Waals surface area contributed by atoms with Crippen LogP contribution in [0.1, 0.15) is 52.7 Å². The maximum Gasteiger partial charge on any atom is 0.525 e. The second kappa shape index (κ2) is 5.67. The average molecular weight is 326 g/mol. The quantitative estimate of drug-likeness (QED) is 0.717. The Bertz CT molecular complexity index is 617. The van der Waals surface area contributed by atoms with Crippen molar-refractivity contribution in [2.45, 2.75) is 58.7 Å². The van der Waals surface area contributed by atoms with Crippen molar-refractivity contribution in [2.24, 2.45) is 0 Å². The van der Waals surface area contributed by atoms with Gasteiger partial charge in [0.1, 0.15) is 5.73 Å². The fraction of sp³-hybridized carbons (Fsp3) is 0.529. The van der Waals surface area contributed by atoms with E-state index >= 15 is 0 Å². The topological polar surface area (TPSA) is 18.5 Å². The molecule has 126 valence electrons. The zero-order valence-corrected chi connectivity index (χ0v) is 14.3. The summed E-state index contributed by atoms with van der Waals surface area (Å²) in [5.41, 5.74) is -1.46. The Morgan fingerprint density at radius 2 is 1.61 bits per heavy atom. The Kier molecular flexibility index (Phi) is 4.46. The van der Waals surface area contributed by atoms with E-state index in [2.05, 4.69) is 0 Å². The molecule has 0 N–H and O–H groups in total. The molecule has 23 heavy (non-hydrogen) atoms. The molecule has 2 rings (SSSR count). The van der Waals surface area contributed by atoms with Gasteiger partial charge in [0.2, 0.25) is 0 Å². The summed E-state index contributed by atoms with van der Waals surface area (Å²) in [5.74, 6) is -2.98. The lowest BCUT2D eigenvalue weighted by atomic mass is 9.83. The van der Waals surface area contributed by atoms with Crippen molar-refractivity contribution in [1.29, 1.82) is 0 Å². The summed E-state index contributed by atoms with van der Waals surface area (Å²) in [6.45, 7) is 9.66. The lowest BCUT2D eigenvalue weighted by Gasteiger charge is -2.32. The van der Waals surface area contributed by atoms with E-state index in [1.165, 1.54) is 25.1 Å². The maximum atomic E-state index is 14.7. The second-order valence-corrected chi connectivity index (χ2v) is 7.03. The minimum atomic E-state index is -2.98. The van der Waals surface area contributed by atoms with Gasteiger partial charge in [-0.1, -0.05) is 18.2 Å². The van der Waals surface area contributed by atoms with Crippen LogP contribution in [0.5, 0.6) is 0 Å². The maximum absolute atomic E-state index is 14.7. The Balaban J connectivity index is 2.36. The third-order valence-corrected chi connectivity index (χ3v) is 4.62. The van der Waals surface area contributed by atoms with Crippen LogP contribution >= 0.6 is 0 Å². The molecule has 0 radical (unpaired) electrons. The predicted octanol–water partition coefficient (Wildman–Crippen LogP) is 5.13. The molecule has 0 bridgehead atoms. The van der Waals surface area contributed by atoms with Crippen molar-refractivity contribution in [3.8, 4) is 0 Å². The van der Waals surface area contributed by atoms with Gasteiger partial charge in [-0.3, -0.25) is 0 Å². The largest absolute Gasteiger partial charge is 0.525 e. The van der Waals surface area contributed by atoms with E-state index in [0.29, 0.717) is 5.56 Å². The molecule has 0 spiro atoms. The molecule has 0 saturated carbocycles. The van der Waals surface area contributed by atoms with Gasteiger partial charge >= 0.3 is 7.12 Å². The minimum absolute atomic E-state index is 0.156. The van der Waals surface area contributed by atoms with E-state index in [1.807, 2.05) is 27.7 Å². The van der Waals surface area contributed by atoms with E-state index in [4.69, 9.17) is 9.31 Å². The Morgan fingerprint density at radius 3 is 2.09 bits per heavy atom. The highest BCUT2D eigenvalue weighted by Gasteiger charge is 2.53. The summed E-state index contributed by atoms with van der Waals surface area (Å²) in [5, 5.41) is 0. The number of benzene rings is 1. The van der Waals surface area contributed by atoms with Crippen LogP contribution in [0, 0.1) is 0 Å². The molecule has 1 heterocycles. The molecule has 0 aliphatic carbocycles. The third kappa shape index (κ3) is 3.48. The lowest BCUT2D eigenvalue weighted by molar-refractivity contribution is 0.00578. The number of hydrogen-bond acceptors (Lipinski definition) is 2. The smallest absolute Gasteiger partial charge is 0.398 e. The van der Waals surface area contributed by atoms with E-state index in [1.54, 1.807) is 6.07 Å². The summed E-state index contributed by atoms with van der Waals surface area (Å²) in [6.07, 6.45) is 0. The first-order chi connectivity index (χ1) is 10.3. The van der Waals surface area contributed by atoms with Crippen molar-refractivity contribution < 1.29 is 22.5 Å².